The first-order chi connectivity index (χ1) is 9.50. The Morgan fingerprint density at radius 1 is 1.05 bits per heavy atom. The van der Waals surface area contributed by atoms with E-state index < -0.39 is 19.3 Å². The van der Waals surface area contributed by atoms with E-state index in [0.717, 1.165) is 19.3 Å². The van der Waals surface area contributed by atoms with Crippen molar-refractivity contribution in [2.75, 3.05) is 0 Å². The van der Waals surface area contributed by atoms with E-state index in [2.05, 4.69) is 52.4 Å². The topological polar surface area (TPSA) is 38.3 Å². The standard InChI is InChI=1S/C17H37NO2SSi/c1-14(2,3)21(19)18-16(7,8)13-17(11-12-17)20-22(9,10)15(4,5)6/h18H,11-13H2,1-10H3. The minimum atomic E-state index is -1.76. The zero-order valence-electron chi connectivity index (χ0n) is 16.3. The van der Waals surface area contributed by atoms with Gasteiger partial charge in [-0.3, -0.25) is 0 Å². The van der Waals surface area contributed by atoms with Crippen molar-refractivity contribution in [1.29, 1.82) is 0 Å². The lowest BCUT2D eigenvalue weighted by Gasteiger charge is -2.42. The second-order valence-corrected chi connectivity index (χ2v) is 16.8. The first-order valence-corrected chi connectivity index (χ1v) is 12.5. The van der Waals surface area contributed by atoms with Crippen LogP contribution in [0.5, 0.6) is 0 Å². The van der Waals surface area contributed by atoms with Crippen molar-refractivity contribution < 1.29 is 8.63 Å². The van der Waals surface area contributed by atoms with Gasteiger partial charge in [-0.2, -0.15) is 0 Å². The summed E-state index contributed by atoms with van der Waals surface area (Å²) in [7, 11) is -2.81. The predicted molar refractivity (Wildman–Crippen MR) is 100.0 cm³/mol. The lowest BCUT2D eigenvalue weighted by atomic mass is 9.97. The van der Waals surface area contributed by atoms with Crippen LogP contribution >= 0.6 is 0 Å². The van der Waals surface area contributed by atoms with Crippen molar-refractivity contribution in [3.05, 3.63) is 0 Å². The molecule has 0 bridgehead atoms. The molecule has 1 aliphatic rings. The molecule has 1 fully saturated rings. The van der Waals surface area contributed by atoms with Crippen LogP contribution < -0.4 is 4.72 Å². The summed E-state index contributed by atoms with van der Waals surface area (Å²) in [5, 5.41) is 0.231. The fourth-order valence-electron chi connectivity index (χ4n) is 2.39. The van der Waals surface area contributed by atoms with E-state index in [9.17, 15) is 4.21 Å². The number of hydrogen-bond donors (Lipinski definition) is 1. The molecule has 1 unspecified atom stereocenters. The summed E-state index contributed by atoms with van der Waals surface area (Å²) in [6, 6.07) is 0. The molecule has 0 spiro atoms. The molecule has 132 valence electrons. The van der Waals surface area contributed by atoms with E-state index in [1.54, 1.807) is 0 Å². The summed E-state index contributed by atoms with van der Waals surface area (Å²) < 4.78 is 22.2. The second kappa shape index (κ2) is 5.98. The zero-order chi connectivity index (χ0) is 17.6. The second-order valence-electron chi connectivity index (χ2n) is 10.1. The molecular formula is C17H37NO2SSi. The Labute approximate surface area is 141 Å². The van der Waals surface area contributed by atoms with Gasteiger partial charge in [-0.15, -0.1) is 0 Å². The maximum absolute atomic E-state index is 12.4. The molecular weight excluding hydrogens is 310 g/mol. The molecule has 0 aromatic rings. The number of hydrogen-bond acceptors (Lipinski definition) is 2. The van der Waals surface area contributed by atoms with Crippen molar-refractivity contribution in [3.8, 4) is 0 Å². The van der Waals surface area contributed by atoms with Gasteiger partial charge < -0.3 is 4.43 Å². The van der Waals surface area contributed by atoms with E-state index in [0.29, 0.717) is 0 Å². The highest BCUT2D eigenvalue weighted by atomic mass is 32.2. The van der Waals surface area contributed by atoms with Crippen molar-refractivity contribution in [2.45, 2.75) is 109 Å². The van der Waals surface area contributed by atoms with Crippen molar-refractivity contribution in [3.63, 3.8) is 0 Å². The number of rotatable bonds is 6. The van der Waals surface area contributed by atoms with Crippen LogP contribution in [0.4, 0.5) is 0 Å². The summed E-state index contributed by atoms with van der Waals surface area (Å²) in [5.41, 5.74) is -0.182. The molecule has 0 aliphatic heterocycles. The van der Waals surface area contributed by atoms with Crippen LogP contribution in [0.3, 0.4) is 0 Å². The zero-order valence-corrected chi connectivity index (χ0v) is 18.2. The van der Waals surface area contributed by atoms with Gasteiger partial charge in [0.25, 0.3) is 0 Å². The molecule has 1 N–H and O–H groups in total. The van der Waals surface area contributed by atoms with Gasteiger partial charge in [0.15, 0.2) is 8.32 Å². The van der Waals surface area contributed by atoms with Gasteiger partial charge >= 0.3 is 0 Å². The highest BCUT2D eigenvalue weighted by molar-refractivity contribution is 7.84. The Kier molecular flexibility index (Phi) is 5.52. The summed E-state index contributed by atoms with van der Waals surface area (Å²) in [6.07, 6.45) is 3.19. The minimum Gasteiger partial charge on any atom is -0.411 e. The molecule has 5 heteroatoms. The van der Waals surface area contributed by atoms with Gasteiger partial charge in [-0.05, 0) is 72.0 Å². The lowest BCUT2D eigenvalue weighted by molar-refractivity contribution is 0.121. The molecule has 22 heavy (non-hydrogen) atoms. The number of nitrogens with one attached hydrogen (secondary N) is 1. The Hall–Kier alpha value is 0.287. The summed E-state index contributed by atoms with van der Waals surface area (Å²) in [4.78, 5) is 0. The molecule has 0 radical (unpaired) electrons. The highest BCUT2D eigenvalue weighted by Gasteiger charge is 2.53. The van der Waals surface area contributed by atoms with Gasteiger partial charge in [0.05, 0.1) is 21.3 Å². The Balaban J connectivity index is 2.75. The molecule has 1 saturated carbocycles. The molecule has 0 heterocycles. The van der Waals surface area contributed by atoms with Gasteiger partial charge in [-0.25, -0.2) is 8.93 Å². The minimum absolute atomic E-state index is 0.00157. The van der Waals surface area contributed by atoms with Crippen molar-refractivity contribution in [1.82, 2.24) is 4.72 Å². The monoisotopic (exact) mass is 347 g/mol. The van der Waals surface area contributed by atoms with Crippen molar-refractivity contribution >= 4 is 19.3 Å². The van der Waals surface area contributed by atoms with Gasteiger partial charge in [0.1, 0.15) is 0 Å². The molecule has 0 aromatic carbocycles. The average Bonchev–Trinajstić information content (AvgIpc) is 2.90. The molecule has 1 rings (SSSR count). The normalized spacial score (nSPS) is 20.8. The SMILES string of the molecule is CC(C)(CC1(O[Si](C)(C)C(C)(C)C)CC1)NS(=O)C(C)(C)C. The lowest BCUT2D eigenvalue weighted by Crippen LogP contribution is -2.51. The van der Waals surface area contributed by atoms with Crippen LogP contribution in [-0.4, -0.2) is 28.4 Å². The Morgan fingerprint density at radius 3 is 1.82 bits per heavy atom. The van der Waals surface area contributed by atoms with E-state index in [1.165, 1.54) is 0 Å². The maximum atomic E-state index is 12.4. The van der Waals surface area contributed by atoms with Crippen LogP contribution in [0.2, 0.25) is 18.1 Å². The summed E-state index contributed by atoms with van der Waals surface area (Å²) in [5.74, 6) is 0. The van der Waals surface area contributed by atoms with Crippen LogP contribution in [0, 0.1) is 0 Å². The van der Waals surface area contributed by atoms with Gasteiger partial charge in [0.2, 0.25) is 0 Å². The van der Waals surface area contributed by atoms with Gasteiger partial charge in [-0.1, -0.05) is 20.8 Å². The molecule has 0 saturated heterocycles. The molecule has 0 amide bonds. The highest BCUT2D eigenvalue weighted by Crippen LogP contribution is 2.51. The molecule has 0 aromatic heterocycles. The third-order valence-corrected chi connectivity index (χ3v) is 11.2. The molecule has 1 atom stereocenters. The smallest absolute Gasteiger partial charge is 0.192 e. The van der Waals surface area contributed by atoms with Crippen LogP contribution in [-0.2, 0) is 15.4 Å². The van der Waals surface area contributed by atoms with Crippen LogP contribution in [0.1, 0.15) is 74.7 Å². The fourth-order valence-corrected chi connectivity index (χ4v) is 4.94. The third-order valence-electron chi connectivity index (χ3n) is 4.77. The van der Waals surface area contributed by atoms with Gasteiger partial charge in [0, 0.05) is 5.54 Å². The summed E-state index contributed by atoms with van der Waals surface area (Å²) >= 11 is 0. The molecule has 3 nitrogen and oxygen atoms in total. The quantitative estimate of drug-likeness (QED) is 0.703. The van der Waals surface area contributed by atoms with Crippen LogP contribution in [0.15, 0.2) is 0 Å². The largest absolute Gasteiger partial charge is 0.411 e. The fraction of sp³-hybridized carbons (Fsp3) is 1.00. The Morgan fingerprint density at radius 2 is 1.50 bits per heavy atom. The average molecular weight is 348 g/mol. The predicted octanol–water partition coefficient (Wildman–Crippen LogP) is 4.76. The van der Waals surface area contributed by atoms with E-state index in [4.69, 9.17) is 4.43 Å². The first-order valence-electron chi connectivity index (χ1n) is 8.40. The van der Waals surface area contributed by atoms with E-state index >= 15 is 0 Å². The maximum Gasteiger partial charge on any atom is 0.192 e. The third kappa shape index (κ3) is 5.43. The van der Waals surface area contributed by atoms with Crippen LogP contribution in [0.25, 0.3) is 0 Å². The first kappa shape index (κ1) is 20.3. The van der Waals surface area contributed by atoms with Crippen molar-refractivity contribution in [2.24, 2.45) is 0 Å². The van der Waals surface area contributed by atoms with E-state index in [-0.39, 0.29) is 20.9 Å². The summed E-state index contributed by atoms with van der Waals surface area (Å²) in [6.45, 7) is 21.8. The van der Waals surface area contributed by atoms with E-state index in [1.807, 2.05) is 20.8 Å². The molecule has 1 aliphatic carbocycles. The Bertz CT molecular complexity index is 429.